The smallest absolute Gasteiger partial charge is 0 e. The summed E-state index contributed by atoms with van der Waals surface area (Å²) in [5, 5.41) is 2.38. The first kappa shape index (κ1) is 35.5. The van der Waals surface area contributed by atoms with Crippen molar-refractivity contribution in [2.75, 3.05) is 0 Å². The van der Waals surface area contributed by atoms with Gasteiger partial charge in [-0.25, -0.2) is 4.39 Å². The van der Waals surface area contributed by atoms with E-state index in [1.54, 1.807) is 11.3 Å². The number of pyridine rings is 1. The van der Waals surface area contributed by atoms with Crippen LogP contribution in [-0.2, 0) is 26.7 Å². The van der Waals surface area contributed by atoms with Crippen LogP contribution in [0.3, 0.4) is 0 Å². The van der Waals surface area contributed by atoms with Crippen LogP contribution in [0.25, 0.3) is 65.0 Å². The Bertz CT molecular complexity index is 2500. The number of hydrogen-bond donors (Lipinski definition) is 0. The third-order valence-electron chi connectivity index (χ3n) is 9.04. The fraction of sp³-hybridized carbons (Fsp3) is 0.182. The second-order valence-electron chi connectivity index (χ2n) is 13.7. The van der Waals surface area contributed by atoms with Crippen molar-refractivity contribution in [3.8, 4) is 33.8 Å². The van der Waals surface area contributed by atoms with Crippen molar-refractivity contribution in [2.45, 2.75) is 50.5 Å². The summed E-state index contributed by atoms with van der Waals surface area (Å²) in [5.74, 6) is 7.15. The van der Waals surface area contributed by atoms with E-state index in [-0.39, 0.29) is 25.9 Å². The number of nitrogens with zero attached hydrogens (tertiary/aromatic N) is 3. The summed E-state index contributed by atoms with van der Waals surface area (Å²) >= 11 is -0.260. The molecule has 7 heteroatoms. The Morgan fingerprint density at radius 2 is 1.65 bits per heavy atom. The number of aryl methyl sites for hydroxylation is 1. The molecule has 0 aliphatic rings. The normalized spacial score (nSPS) is 12.0. The molecular formula is C44H40FGeIrN3S-2. The first-order chi connectivity index (χ1) is 24.4. The number of hydrogen-bond acceptors (Lipinski definition) is 3. The molecule has 51 heavy (non-hydrogen) atoms. The van der Waals surface area contributed by atoms with Gasteiger partial charge in [-0.1, -0.05) is 64.5 Å². The molecule has 0 saturated carbocycles. The van der Waals surface area contributed by atoms with Crippen molar-refractivity contribution < 1.29 is 25.9 Å². The molecule has 1 radical (unpaired) electrons. The van der Waals surface area contributed by atoms with Gasteiger partial charge in [0.15, 0.2) is 0 Å². The number of fused-ring (bicyclic) bond motifs is 4. The van der Waals surface area contributed by atoms with E-state index in [1.165, 1.54) is 32.0 Å². The third-order valence-corrected chi connectivity index (χ3v) is 14.5. The molecule has 0 spiro atoms. The van der Waals surface area contributed by atoms with Gasteiger partial charge in [0.25, 0.3) is 0 Å². The van der Waals surface area contributed by atoms with Gasteiger partial charge in [0.05, 0.1) is 16.9 Å². The summed E-state index contributed by atoms with van der Waals surface area (Å²) in [7, 11) is 0. The van der Waals surface area contributed by atoms with Crippen molar-refractivity contribution in [2.24, 2.45) is 0 Å². The van der Waals surface area contributed by atoms with Crippen LogP contribution in [0, 0.1) is 17.9 Å². The van der Waals surface area contributed by atoms with Crippen LogP contribution in [0.2, 0.25) is 17.3 Å². The summed E-state index contributed by atoms with van der Waals surface area (Å²) in [6, 6.07) is 42.1. The van der Waals surface area contributed by atoms with E-state index in [0.717, 1.165) is 61.6 Å². The van der Waals surface area contributed by atoms with Crippen LogP contribution in [0.4, 0.5) is 4.39 Å². The Kier molecular flexibility index (Phi) is 10.7. The molecule has 3 heterocycles. The number of rotatable bonds is 6. The molecule has 8 rings (SSSR count). The SMILES string of the molecule is CCn1c(-c2[c-]cc(-c3ccc(F)cc3)c3c2sc2ccccc23)nc2ccccc21.[2H]C(C)(C)c1cc(-c2[c-]cccc2)nc[c]1[Ge]([CH3])([CH3])[CH3].[Ir]. The number of aromatic nitrogens is 3. The minimum absolute atomic E-state index is 0. The average Bonchev–Trinajstić information content (AvgIpc) is 3.70. The molecule has 0 fully saturated rings. The first-order valence-corrected chi connectivity index (χ1v) is 25.2. The van der Waals surface area contributed by atoms with Crippen LogP contribution in [-0.4, -0.2) is 27.8 Å². The molecule has 8 aromatic rings. The van der Waals surface area contributed by atoms with Gasteiger partial charge in [-0.05, 0) is 47.3 Å². The van der Waals surface area contributed by atoms with Crippen LogP contribution in [0.5, 0.6) is 0 Å². The molecule has 0 unspecified atom stereocenters. The van der Waals surface area contributed by atoms with Gasteiger partial charge >= 0.3 is 120 Å². The minimum Gasteiger partial charge on any atom is 0 e. The fourth-order valence-corrected chi connectivity index (χ4v) is 11.1. The maximum absolute atomic E-state index is 13.6. The zero-order valence-corrected chi connectivity index (χ0v) is 34.9. The van der Waals surface area contributed by atoms with Gasteiger partial charge in [-0.15, -0.1) is 12.1 Å². The molecule has 5 aromatic carbocycles. The van der Waals surface area contributed by atoms with E-state index in [0.29, 0.717) is 0 Å². The van der Waals surface area contributed by atoms with Gasteiger partial charge in [-0.3, -0.25) is 4.98 Å². The number of para-hydroxylation sites is 2. The molecular weight excluding hydrogens is 886 g/mol. The maximum Gasteiger partial charge on any atom is 0 e. The van der Waals surface area contributed by atoms with Gasteiger partial charge in [0, 0.05) is 31.4 Å². The van der Waals surface area contributed by atoms with Crippen LogP contribution in [0.1, 0.15) is 33.6 Å². The van der Waals surface area contributed by atoms with E-state index >= 15 is 0 Å². The Morgan fingerprint density at radius 1 is 0.922 bits per heavy atom. The predicted octanol–water partition coefficient (Wildman–Crippen LogP) is 11.9. The number of halogens is 1. The second kappa shape index (κ2) is 15.3. The van der Waals surface area contributed by atoms with Gasteiger partial charge < -0.3 is 4.57 Å². The predicted molar refractivity (Wildman–Crippen MR) is 214 cm³/mol. The molecule has 0 aliphatic carbocycles. The largest absolute Gasteiger partial charge is 0 e. The van der Waals surface area contributed by atoms with Crippen molar-refractivity contribution >= 4 is 60.2 Å². The van der Waals surface area contributed by atoms with Gasteiger partial charge in [0.1, 0.15) is 5.82 Å². The zero-order chi connectivity index (χ0) is 35.9. The van der Waals surface area contributed by atoms with E-state index in [9.17, 15) is 4.39 Å². The molecule has 0 bridgehead atoms. The van der Waals surface area contributed by atoms with E-state index in [1.807, 2.05) is 68.6 Å². The number of imidazole rings is 1. The Morgan fingerprint density at radius 3 is 2.35 bits per heavy atom. The van der Waals surface area contributed by atoms with Crippen molar-refractivity contribution in [1.29, 1.82) is 0 Å². The molecule has 3 aromatic heterocycles. The average molecular weight is 928 g/mol. The van der Waals surface area contributed by atoms with E-state index in [4.69, 9.17) is 6.35 Å². The summed E-state index contributed by atoms with van der Waals surface area (Å²) in [4.78, 5) is 9.60. The molecule has 0 amide bonds. The molecule has 3 nitrogen and oxygen atoms in total. The Balaban J connectivity index is 0.000000193. The molecule has 0 aliphatic heterocycles. The molecule has 0 atom stereocenters. The summed E-state index contributed by atoms with van der Waals surface area (Å²) in [5.41, 5.74) is 8.21. The summed E-state index contributed by atoms with van der Waals surface area (Å²) < 4.78 is 28.0. The minimum atomic E-state index is -2.03. The monoisotopic (exact) mass is 929 g/mol. The number of thiophene rings is 1. The van der Waals surface area contributed by atoms with E-state index in [2.05, 4.69) is 94.4 Å². The fourth-order valence-electron chi connectivity index (χ4n) is 6.55. The van der Waals surface area contributed by atoms with Crippen molar-refractivity contribution in [3.05, 3.63) is 139 Å². The van der Waals surface area contributed by atoms with Crippen LogP contribution < -0.4 is 4.40 Å². The summed E-state index contributed by atoms with van der Waals surface area (Å²) in [6.45, 7) is 6.89. The Hall–Kier alpha value is -3.94. The topological polar surface area (TPSA) is 30.7 Å². The summed E-state index contributed by atoms with van der Waals surface area (Å²) in [6.07, 6.45) is 2.00. The van der Waals surface area contributed by atoms with Crippen LogP contribution >= 0.6 is 11.3 Å². The van der Waals surface area contributed by atoms with Gasteiger partial charge in [0.2, 0.25) is 0 Å². The third kappa shape index (κ3) is 7.38. The number of benzene rings is 5. The second-order valence-corrected chi connectivity index (χ2v) is 25.3. The quantitative estimate of drug-likeness (QED) is 0.123. The van der Waals surface area contributed by atoms with E-state index < -0.39 is 19.2 Å². The maximum atomic E-state index is 13.6. The first-order valence-electron chi connectivity index (χ1n) is 17.5. The molecule has 0 saturated heterocycles. The standard InChI is InChI=1S/C27H18FN2S.C17H22GeN.Ir/c1-2-30-23-9-5-4-8-22(23)29-27(30)21-16-15-19(17-11-13-18(28)14-12-17)25-20-7-3-6-10-24(20)31-26(21)25;1-13(2)15-11-17(14-9-7-6-8-10-14)19-12-16(15)18(3,4)5;/h3-15H,2H2,1H3;6-9,11-13H,1-5H3;/q2*-1;/i;13D;. The zero-order valence-electron chi connectivity index (χ0n) is 30.6. The van der Waals surface area contributed by atoms with Crippen LogP contribution in [0.15, 0.2) is 115 Å². The van der Waals surface area contributed by atoms with Gasteiger partial charge in [-0.2, -0.15) is 11.3 Å². The van der Waals surface area contributed by atoms with Crippen molar-refractivity contribution in [1.82, 2.24) is 14.5 Å². The molecule has 259 valence electrons. The van der Waals surface area contributed by atoms with Crippen molar-refractivity contribution in [3.63, 3.8) is 0 Å². The molecule has 0 N–H and O–H groups in total. The Labute approximate surface area is 321 Å².